The first-order valence-electron chi connectivity index (χ1n) is 9.04. The van der Waals surface area contributed by atoms with Gasteiger partial charge in [-0.3, -0.25) is 4.79 Å². The molecule has 27 heavy (non-hydrogen) atoms. The Balaban J connectivity index is 1.55. The Labute approximate surface area is 157 Å². The lowest BCUT2D eigenvalue weighted by Gasteiger charge is -2.30. The molecular weight excluding hydrogens is 352 g/mol. The predicted octanol–water partition coefficient (Wildman–Crippen LogP) is 4.33. The number of hydrogen-bond acceptors (Lipinski definition) is 4. The summed E-state index contributed by atoms with van der Waals surface area (Å²) in [6, 6.07) is 13.8. The highest BCUT2D eigenvalue weighted by atomic mass is 19.3. The zero-order valence-corrected chi connectivity index (χ0v) is 15.0. The lowest BCUT2D eigenvalue weighted by molar-refractivity contribution is -0.114. The molecule has 0 saturated carbocycles. The van der Waals surface area contributed by atoms with Crippen molar-refractivity contribution in [3.05, 3.63) is 48.5 Å². The van der Waals surface area contributed by atoms with Crippen LogP contribution in [0.4, 0.5) is 25.8 Å². The number of alkyl halides is 2. The van der Waals surface area contributed by atoms with Crippen molar-refractivity contribution in [1.82, 2.24) is 0 Å². The van der Waals surface area contributed by atoms with E-state index in [-0.39, 0.29) is 18.2 Å². The molecule has 2 N–H and O–H groups in total. The Morgan fingerprint density at radius 1 is 1.04 bits per heavy atom. The summed E-state index contributed by atoms with van der Waals surface area (Å²) in [6.45, 7) is -0.703. The maximum Gasteiger partial charge on any atom is 0.387 e. The second-order valence-corrected chi connectivity index (χ2v) is 6.37. The first-order valence-corrected chi connectivity index (χ1v) is 9.04. The van der Waals surface area contributed by atoms with Gasteiger partial charge in [0, 0.05) is 18.8 Å². The van der Waals surface area contributed by atoms with E-state index in [2.05, 4.69) is 26.3 Å². The van der Waals surface area contributed by atoms with Gasteiger partial charge in [-0.25, -0.2) is 0 Å². The molecule has 0 aliphatic carbocycles. The summed E-state index contributed by atoms with van der Waals surface area (Å²) >= 11 is 0. The number of rotatable bonds is 7. The van der Waals surface area contributed by atoms with Gasteiger partial charge in [-0.2, -0.15) is 8.78 Å². The van der Waals surface area contributed by atoms with E-state index in [1.54, 1.807) is 0 Å². The van der Waals surface area contributed by atoms with Gasteiger partial charge >= 0.3 is 6.61 Å². The topological polar surface area (TPSA) is 53.6 Å². The van der Waals surface area contributed by atoms with Crippen LogP contribution in [0.2, 0.25) is 0 Å². The highest BCUT2D eigenvalue weighted by Crippen LogP contribution is 2.28. The number of para-hydroxylation sites is 2. The van der Waals surface area contributed by atoms with Crippen LogP contribution in [0.5, 0.6) is 5.75 Å². The van der Waals surface area contributed by atoms with Gasteiger partial charge in [0.25, 0.3) is 0 Å². The molecule has 2 aromatic carbocycles. The maximum absolute atomic E-state index is 12.2. The zero-order chi connectivity index (χ0) is 19.1. The third-order valence-corrected chi connectivity index (χ3v) is 4.40. The fraction of sp³-hybridized carbons (Fsp3) is 0.350. The van der Waals surface area contributed by atoms with Crippen molar-refractivity contribution >= 4 is 23.0 Å². The van der Waals surface area contributed by atoms with Crippen molar-refractivity contribution in [3.8, 4) is 5.75 Å². The fourth-order valence-electron chi connectivity index (χ4n) is 3.13. The van der Waals surface area contributed by atoms with Crippen molar-refractivity contribution in [2.45, 2.75) is 25.9 Å². The van der Waals surface area contributed by atoms with Crippen LogP contribution in [-0.2, 0) is 4.79 Å². The van der Waals surface area contributed by atoms with Crippen molar-refractivity contribution < 1.29 is 18.3 Å². The van der Waals surface area contributed by atoms with E-state index in [9.17, 15) is 13.6 Å². The van der Waals surface area contributed by atoms with E-state index >= 15 is 0 Å². The summed E-state index contributed by atoms with van der Waals surface area (Å²) in [5.74, 6) is -0.164. The van der Waals surface area contributed by atoms with Crippen LogP contribution in [0.1, 0.15) is 19.3 Å². The quantitative estimate of drug-likeness (QED) is 0.756. The number of nitrogens with one attached hydrogen (secondary N) is 2. The Kier molecular flexibility index (Phi) is 6.46. The van der Waals surface area contributed by atoms with Crippen LogP contribution in [0.25, 0.3) is 0 Å². The van der Waals surface area contributed by atoms with Gasteiger partial charge < -0.3 is 20.3 Å². The SMILES string of the molecule is O=C(CNc1ccccc1N1CCCCC1)Nc1ccc(OC(F)F)cc1. The third-order valence-electron chi connectivity index (χ3n) is 4.40. The van der Waals surface area contributed by atoms with Crippen molar-refractivity contribution in [1.29, 1.82) is 0 Å². The van der Waals surface area contributed by atoms with E-state index in [1.165, 1.54) is 43.5 Å². The molecule has 1 aliphatic rings. The molecule has 3 rings (SSSR count). The number of carbonyl (C=O) groups excluding carboxylic acids is 1. The van der Waals surface area contributed by atoms with Gasteiger partial charge in [-0.1, -0.05) is 12.1 Å². The van der Waals surface area contributed by atoms with Crippen molar-refractivity contribution in [2.24, 2.45) is 0 Å². The van der Waals surface area contributed by atoms with E-state index in [0.29, 0.717) is 5.69 Å². The van der Waals surface area contributed by atoms with Crippen LogP contribution in [0.15, 0.2) is 48.5 Å². The summed E-state index contributed by atoms with van der Waals surface area (Å²) in [4.78, 5) is 14.5. The molecule has 1 saturated heterocycles. The smallest absolute Gasteiger partial charge is 0.387 e. The molecule has 0 unspecified atom stereocenters. The van der Waals surface area contributed by atoms with Crippen LogP contribution in [0.3, 0.4) is 0 Å². The Morgan fingerprint density at radius 3 is 2.44 bits per heavy atom. The normalized spacial score (nSPS) is 14.1. The summed E-state index contributed by atoms with van der Waals surface area (Å²) in [6.07, 6.45) is 3.62. The predicted molar refractivity (Wildman–Crippen MR) is 103 cm³/mol. The average molecular weight is 375 g/mol. The fourth-order valence-corrected chi connectivity index (χ4v) is 3.13. The minimum atomic E-state index is -2.87. The molecule has 0 aromatic heterocycles. The summed E-state index contributed by atoms with van der Waals surface area (Å²) in [5.41, 5.74) is 2.56. The molecule has 1 heterocycles. The van der Waals surface area contributed by atoms with Crippen LogP contribution < -0.4 is 20.3 Å². The summed E-state index contributed by atoms with van der Waals surface area (Å²) in [7, 11) is 0. The maximum atomic E-state index is 12.2. The number of benzene rings is 2. The molecule has 1 fully saturated rings. The number of hydrogen-bond donors (Lipinski definition) is 2. The summed E-state index contributed by atoms with van der Waals surface area (Å²) < 4.78 is 28.6. The van der Waals surface area contributed by atoms with E-state index < -0.39 is 6.61 Å². The monoisotopic (exact) mass is 375 g/mol. The number of amides is 1. The van der Waals surface area contributed by atoms with E-state index in [0.717, 1.165) is 24.5 Å². The molecule has 1 aliphatic heterocycles. The standard InChI is InChI=1S/C20H23F2N3O2/c21-20(22)27-16-10-8-15(9-11-16)24-19(26)14-23-17-6-2-3-7-18(17)25-12-4-1-5-13-25/h2-3,6-11,20,23H,1,4-5,12-14H2,(H,24,26). The van der Waals surface area contributed by atoms with Crippen LogP contribution >= 0.6 is 0 Å². The molecule has 1 amide bonds. The molecule has 0 spiro atoms. The largest absolute Gasteiger partial charge is 0.435 e. The molecule has 5 nitrogen and oxygen atoms in total. The highest BCUT2D eigenvalue weighted by Gasteiger charge is 2.14. The second kappa shape index (κ2) is 9.21. The number of piperidine rings is 1. The van der Waals surface area contributed by atoms with Gasteiger partial charge in [-0.05, 0) is 55.7 Å². The molecular formula is C20H23F2N3O2. The van der Waals surface area contributed by atoms with Crippen molar-refractivity contribution in [3.63, 3.8) is 0 Å². The second-order valence-electron chi connectivity index (χ2n) is 6.37. The summed E-state index contributed by atoms with van der Waals surface area (Å²) in [5, 5.41) is 5.92. The molecule has 0 bridgehead atoms. The molecule has 2 aromatic rings. The minimum Gasteiger partial charge on any atom is -0.435 e. The lowest BCUT2D eigenvalue weighted by Crippen LogP contribution is -2.30. The Morgan fingerprint density at radius 2 is 1.74 bits per heavy atom. The van der Waals surface area contributed by atoms with Crippen molar-refractivity contribution in [2.75, 3.05) is 35.2 Å². The molecule has 0 radical (unpaired) electrons. The number of nitrogens with zero attached hydrogens (tertiary/aromatic N) is 1. The van der Waals surface area contributed by atoms with Gasteiger partial charge in [0.15, 0.2) is 0 Å². The number of carbonyl (C=O) groups is 1. The van der Waals surface area contributed by atoms with E-state index in [1.807, 2.05) is 18.2 Å². The van der Waals surface area contributed by atoms with Gasteiger partial charge in [0.2, 0.25) is 5.91 Å². The number of ether oxygens (including phenoxy) is 1. The molecule has 144 valence electrons. The van der Waals surface area contributed by atoms with Gasteiger partial charge in [-0.15, -0.1) is 0 Å². The zero-order valence-electron chi connectivity index (χ0n) is 15.0. The first kappa shape index (κ1) is 18.9. The highest BCUT2D eigenvalue weighted by molar-refractivity contribution is 5.94. The Bertz CT molecular complexity index is 747. The van der Waals surface area contributed by atoms with Gasteiger partial charge in [0.1, 0.15) is 5.75 Å². The third kappa shape index (κ3) is 5.57. The number of anilines is 3. The Hall–Kier alpha value is -2.83. The lowest BCUT2D eigenvalue weighted by atomic mass is 10.1. The molecule has 7 heteroatoms. The van der Waals surface area contributed by atoms with Gasteiger partial charge in [0.05, 0.1) is 17.9 Å². The van der Waals surface area contributed by atoms with Crippen LogP contribution in [0, 0.1) is 0 Å². The first-order chi connectivity index (χ1) is 13.1. The molecule has 0 atom stereocenters. The van der Waals surface area contributed by atoms with E-state index in [4.69, 9.17) is 0 Å². The number of halogens is 2. The minimum absolute atomic E-state index is 0.0524. The average Bonchev–Trinajstić information content (AvgIpc) is 2.68. The van der Waals surface area contributed by atoms with Crippen LogP contribution in [-0.4, -0.2) is 32.2 Å².